The highest BCUT2D eigenvalue weighted by atomic mass is 16.6. The Bertz CT molecular complexity index is 519. The van der Waals surface area contributed by atoms with Crippen molar-refractivity contribution in [3.05, 3.63) is 34.9 Å². The number of carbonyl (C=O) groups is 1. The van der Waals surface area contributed by atoms with Gasteiger partial charge < -0.3 is 15.4 Å². The van der Waals surface area contributed by atoms with Crippen LogP contribution in [0.4, 0.5) is 4.79 Å². The third-order valence-electron chi connectivity index (χ3n) is 3.72. The lowest BCUT2D eigenvalue weighted by Crippen LogP contribution is -2.45. The van der Waals surface area contributed by atoms with Gasteiger partial charge in [-0.25, -0.2) is 4.79 Å². The molecule has 1 aromatic carbocycles. The van der Waals surface area contributed by atoms with Crippen molar-refractivity contribution in [3.63, 3.8) is 0 Å². The summed E-state index contributed by atoms with van der Waals surface area (Å²) >= 11 is 0. The van der Waals surface area contributed by atoms with Crippen molar-refractivity contribution in [1.29, 1.82) is 0 Å². The van der Waals surface area contributed by atoms with Crippen LogP contribution in [0.3, 0.4) is 0 Å². The van der Waals surface area contributed by atoms with Gasteiger partial charge in [-0.15, -0.1) is 0 Å². The molecule has 0 aliphatic rings. The van der Waals surface area contributed by atoms with Gasteiger partial charge in [0, 0.05) is 19.1 Å². The number of alkyl carbamates (subject to hydrolysis) is 1. The molecular formula is C19H32N2O2. The minimum absolute atomic E-state index is 0.197. The Morgan fingerprint density at radius 3 is 2.39 bits per heavy atom. The number of carbonyl (C=O) groups excluding carboxylic acids is 1. The maximum absolute atomic E-state index is 11.8. The first-order valence-corrected chi connectivity index (χ1v) is 8.35. The first-order chi connectivity index (χ1) is 10.6. The molecule has 0 radical (unpaired) electrons. The lowest BCUT2D eigenvalue weighted by Gasteiger charge is -2.25. The van der Waals surface area contributed by atoms with E-state index >= 15 is 0 Å². The summed E-state index contributed by atoms with van der Waals surface area (Å²) < 4.78 is 5.29. The van der Waals surface area contributed by atoms with E-state index in [-0.39, 0.29) is 12.1 Å². The van der Waals surface area contributed by atoms with Gasteiger partial charge in [0.25, 0.3) is 0 Å². The van der Waals surface area contributed by atoms with E-state index in [9.17, 15) is 4.79 Å². The van der Waals surface area contributed by atoms with Crippen LogP contribution < -0.4 is 10.6 Å². The molecule has 0 aliphatic carbocycles. The van der Waals surface area contributed by atoms with Crippen LogP contribution in [0.1, 0.15) is 51.3 Å². The zero-order valence-electron chi connectivity index (χ0n) is 15.6. The Balaban J connectivity index is 2.54. The highest BCUT2D eigenvalue weighted by Crippen LogP contribution is 2.12. The predicted octanol–water partition coefficient (Wildman–Crippen LogP) is 3.94. The zero-order valence-corrected chi connectivity index (χ0v) is 15.6. The van der Waals surface area contributed by atoms with E-state index in [4.69, 9.17) is 4.74 Å². The summed E-state index contributed by atoms with van der Waals surface area (Å²) in [5.74, 6) is 0.413. The molecule has 0 heterocycles. The van der Waals surface area contributed by atoms with Crippen molar-refractivity contribution in [3.8, 4) is 0 Å². The quantitative estimate of drug-likeness (QED) is 0.834. The molecule has 23 heavy (non-hydrogen) atoms. The van der Waals surface area contributed by atoms with Crippen LogP contribution in [0.15, 0.2) is 18.2 Å². The summed E-state index contributed by atoms with van der Waals surface area (Å²) in [4.78, 5) is 11.8. The zero-order chi connectivity index (χ0) is 17.6. The molecule has 0 aromatic heterocycles. The topological polar surface area (TPSA) is 50.4 Å². The van der Waals surface area contributed by atoms with Crippen LogP contribution in [0.5, 0.6) is 0 Å². The molecular weight excluding hydrogens is 288 g/mol. The van der Waals surface area contributed by atoms with Gasteiger partial charge in [0.2, 0.25) is 0 Å². The Kier molecular flexibility index (Phi) is 7.07. The predicted molar refractivity (Wildman–Crippen MR) is 95.6 cm³/mol. The molecule has 0 bridgehead atoms. The summed E-state index contributed by atoms with van der Waals surface area (Å²) in [7, 11) is 0. The van der Waals surface area contributed by atoms with Crippen LogP contribution in [-0.4, -0.2) is 24.3 Å². The summed E-state index contributed by atoms with van der Waals surface area (Å²) in [5.41, 5.74) is 3.39. The molecule has 0 saturated carbocycles. The van der Waals surface area contributed by atoms with E-state index in [0.29, 0.717) is 12.5 Å². The van der Waals surface area contributed by atoms with E-state index < -0.39 is 5.60 Å². The first kappa shape index (κ1) is 19.5. The van der Waals surface area contributed by atoms with Gasteiger partial charge >= 0.3 is 6.09 Å². The highest BCUT2D eigenvalue weighted by Gasteiger charge is 2.19. The molecule has 4 heteroatoms. The molecule has 1 unspecified atom stereocenters. The molecule has 1 rings (SSSR count). The number of hydrogen-bond donors (Lipinski definition) is 2. The smallest absolute Gasteiger partial charge is 0.407 e. The summed E-state index contributed by atoms with van der Waals surface area (Å²) in [6.45, 7) is 15.5. The molecule has 130 valence electrons. The second-order valence-electron chi connectivity index (χ2n) is 7.54. The Morgan fingerprint density at radius 1 is 1.22 bits per heavy atom. The highest BCUT2D eigenvalue weighted by molar-refractivity contribution is 5.67. The summed E-state index contributed by atoms with van der Waals surface area (Å²) in [6, 6.07) is 6.69. The molecule has 1 aromatic rings. The average molecular weight is 320 g/mol. The van der Waals surface area contributed by atoms with Crippen LogP contribution in [0, 0.1) is 19.8 Å². The Morgan fingerprint density at radius 2 is 1.87 bits per heavy atom. The minimum atomic E-state index is -0.468. The van der Waals surface area contributed by atoms with Crippen LogP contribution in [-0.2, 0) is 11.3 Å². The number of aryl methyl sites for hydroxylation is 2. The van der Waals surface area contributed by atoms with Gasteiger partial charge in [0.1, 0.15) is 5.60 Å². The second kappa shape index (κ2) is 8.34. The van der Waals surface area contributed by atoms with Gasteiger partial charge in [0.15, 0.2) is 0 Å². The van der Waals surface area contributed by atoms with Gasteiger partial charge in [-0.3, -0.25) is 0 Å². The fraction of sp³-hybridized carbons (Fsp3) is 0.632. The van der Waals surface area contributed by atoms with Crippen molar-refractivity contribution in [2.24, 2.45) is 5.92 Å². The van der Waals surface area contributed by atoms with E-state index in [1.807, 2.05) is 20.8 Å². The van der Waals surface area contributed by atoms with Crippen molar-refractivity contribution in [2.75, 3.05) is 6.54 Å². The van der Waals surface area contributed by atoms with Crippen molar-refractivity contribution in [2.45, 2.75) is 66.7 Å². The van der Waals surface area contributed by atoms with Crippen molar-refractivity contribution < 1.29 is 9.53 Å². The molecule has 0 fully saturated rings. The van der Waals surface area contributed by atoms with E-state index in [0.717, 1.165) is 6.54 Å². The molecule has 0 spiro atoms. The molecule has 1 amide bonds. The molecule has 1 atom stereocenters. The number of amides is 1. The van der Waals surface area contributed by atoms with Gasteiger partial charge in [-0.05, 0) is 51.7 Å². The van der Waals surface area contributed by atoms with Crippen LogP contribution >= 0.6 is 0 Å². The van der Waals surface area contributed by atoms with Gasteiger partial charge in [0.05, 0.1) is 0 Å². The Hall–Kier alpha value is -1.55. The molecule has 2 N–H and O–H groups in total. The number of nitrogens with one attached hydrogen (secondary N) is 2. The molecule has 4 nitrogen and oxygen atoms in total. The monoisotopic (exact) mass is 320 g/mol. The second-order valence-corrected chi connectivity index (χ2v) is 7.54. The Labute approximate surface area is 141 Å². The van der Waals surface area contributed by atoms with Crippen LogP contribution in [0.25, 0.3) is 0 Å². The van der Waals surface area contributed by atoms with E-state index in [2.05, 4.69) is 56.5 Å². The third-order valence-corrected chi connectivity index (χ3v) is 3.72. The minimum Gasteiger partial charge on any atom is -0.444 e. The summed E-state index contributed by atoms with van der Waals surface area (Å²) in [6.07, 6.45) is -0.364. The summed E-state index contributed by atoms with van der Waals surface area (Å²) in [5, 5.41) is 6.40. The fourth-order valence-corrected chi connectivity index (χ4v) is 2.34. The maximum atomic E-state index is 11.8. The number of benzene rings is 1. The fourth-order valence-electron chi connectivity index (χ4n) is 2.34. The molecule has 0 saturated heterocycles. The van der Waals surface area contributed by atoms with Crippen molar-refractivity contribution >= 4 is 6.09 Å². The third kappa shape index (κ3) is 7.51. The van der Waals surface area contributed by atoms with Gasteiger partial charge in [-0.2, -0.15) is 0 Å². The largest absolute Gasteiger partial charge is 0.444 e. The van der Waals surface area contributed by atoms with Crippen LogP contribution in [0.2, 0.25) is 0 Å². The maximum Gasteiger partial charge on any atom is 0.407 e. The van der Waals surface area contributed by atoms with E-state index in [1.54, 1.807) is 0 Å². The van der Waals surface area contributed by atoms with E-state index in [1.165, 1.54) is 16.7 Å². The first-order valence-electron chi connectivity index (χ1n) is 8.35. The molecule has 0 aliphatic heterocycles. The normalized spacial score (nSPS) is 13.0. The lowest BCUT2D eigenvalue weighted by atomic mass is 10.0. The number of rotatable bonds is 6. The number of ether oxygens (including phenoxy) is 1. The van der Waals surface area contributed by atoms with Crippen molar-refractivity contribution in [1.82, 2.24) is 10.6 Å². The lowest BCUT2D eigenvalue weighted by molar-refractivity contribution is 0.0519. The average Bonchev–Trinajstić information content (AvgIpc) is 2.38. The standard InChI is InChI=1S/C19H32N2O2/c1-13(2)17(12-21-18(22)23-19(5,6)7)20-11-16-9-8-14(3)10-15(16)4/h8-10,13,17,20H,11-12H2,1-7H3,(H,21,22). The van der Waals surface area contributed by atoms with Gasteiger partial charge in [-0.1, -0.05) is 37.6 Å². The SMILES string of the molecule is Cc1ccc(CNC(CNC(=O)OC(C)(C)C)C(C)C)c(C)c1. The number of hydrogen-bond acceptors (Lipinski definition) is 3.